The van der Waals surface area contributed by atoms with E-state index in [1.165, 1.54) is 0 Å². The molecule has 0 radical (unpaired) electrons. The number of nitrogens with two attached hydrogens (primary N) is 5. The maximum atomic E-state index is 13.3. The van der Waals surface area contributed by atoms with Crippen LogP contribution in [0.4, 0.5) is 0 Å². The van der Waals surface area contributed by atoms with Crippen LogP contribution in [-0.2, 0) is 19.2 Å². The summed E-state index contributed by atoms with van der Waals surface area (Å²) in [5, 5.41) is 17.4. The van der Waals surface area contributed by atoms with Crippen molar-refractivity contribution < 1.29 is 24.3 Å². The molecule has 0 aromatic rings. The van der Waals surface area contributed by atoms with E-state index in [2.05, 4.69) is 20.9 Å². The third kappa shape index (κ3) is 14.7. The maximum Gasteiger partial charge on any atom is 0.326 e. The first kappa shape index (κ1) is 35.0. The van der Waals surface area contributed by atoms with Crippen molar-refractivity contribution in [3.8, 4) is 0 Å². The summed E-state index contributed by atoms with van der Waals surface area (Å²) < 4.78 is 0. The van der Waals surface area contributed by atoms with Gasteiger partial charge < -0.3 is 49.7 Å². The van der Waals surface area contributed by atoms with E-state index in [0.29, 0.717) is 51.6 Å². The van der Waals surface area contributed by atoms with Gasteiger partial charge in [0.15, 0.2) is 5.96 Å². The lowest BCUT2D eigenvalue weighted by molar-refractivity contribution is -0.142. The second kappa shape index (κ2) is 20.1. The van der Waals surface area contributed by atoms with Crippen LogP contribution in [0.1, 0.15) is 71.6 Å². The van der Waals surface area contributed by atoms with E-state index in [1.54, 1.807) is 6.92 Å². The number of nitrogens with one attached hydrogen (secondary N) is 3. The lowest BCUT2D eigenvalue weighted by Crippen LogP contribution is -2.58. The summed E-state index contributed by atoms with van der Waals surface area (Å²) in [4.78, 5) is 54.6. The van der Waals surface area contributed by atoms with Crippen LogP contribution in [-0.4, -0.2) is 78.6 Å². The molecule has 0 saturated carbocycles. The van der Waals surface area contributed by atoms with E-state index in [1.807, 2.05) is 6.92 Å². The molecule has 0 bridgehead atoms. The zero-order chi connectivity index (χ0) is 29.1. The van der Waals surface area contributed by atoms with Gasteiger partial charge in [0.05, 0.1) is 6.04 Å². The molecule has 14 N–H and O–H groups in total. The number of rotatable bonds is 21. The molecule has 0 aromatic carbocycles. The van der Waals surface area contributed by atoms with Crippen LogP contribution in [0.15, 0.2) is 4.99 Å². The van der Waals surface area contributed by atoms with Crippen molar-refractivity contribution in [2.45, 2.75) is 95.8 Å². The van der Waals surface area contributed by atoms with Crippen LogP contribution in [0.5, 0.6) is 0 Å². The van der Waals surface area contributed by atoms with Gasteiger partial charge in [-0.05, 0) is 64.0 Å². The lowest BCUT2D eigenvalue weighted by Gasteiger charge is -2.28. The number of aliphatic carboxylic acids is 1. The molecule has 0 saturated heterocycles. The Morgan fingerprint density at radius 2 is 1.34 bits per heavy atom. The predicted molar refractivity (Wildman–Crippen MR) is 147 cm³/mol. The third-order valence-electron chi connectivity index (χ3n) is 6.24. The van der Waals surface area contributed by atoms with Gasteiger partial charge in [-0.3, -0.25) is 19.4 Å². The highest BCUT2D eigenvalue weighted by Gasteiger charge is 2.32. The van der Waals surface area contributed by atoms with Crippen molar-refractivity contribution in [3.05, 3.63) is 0 Å². The summed E-state index contributed by atoms with van der Waals surface area (Å²) in [6, 6.07) is -3.96. The number of carboxylic acid groups (broad SMARTS) is 1. The number of hydrogen-bond donors (Lipinski definition) is 9. The fourth-order valence-corrected chi connectivity index (χ4v) is 3.66. The highest BCUT2D eigenvalue weighted by atomic mass is 16.4. The highest BCUT2D eigenvalue weighted by Crippen LogP contribution is 2.11. The molecule has 0 heterocycles. The van der Waals surface area contributed by atoms with Crippen LogP contribution in [0.2, 0.25) is 0 Å². The van der Waals surface area contributed by atoms with Crippen LogP contribution < -0.4 is 44.6 Å². The lowest BCUT2D eigenvalue weighted by atomic mass is 9.96. The molecule has 0 aliphatic carbocycles. The van der Waals surface area contributed by atoms with Crippen molar-refractivity contribution in [2.24, 2.45) is 39.6 Å². The number of nitrogens with zero attached hydrogens (tertiary/aromatic N) is 1. The molecular weight excluding hydrogens is 494 g/mol. The molecular formula is C24H49N9O5. The van der Waals surface area contributed by atoms with E-state index in [-0.39, 0.29) is 31.3 Å². The van der Waals surface area contributed by atoms with Crippen LogP contribution in [0.3, 0.4) is 0 Å². The second-order valence-corrected chi connectivity index (χ2v) is 9.46. The number of aliphatic imine (C=N–C) groups is 1. The summed E-state index contributed by atoms with van der Waals surface area (Å²) in [6.07, 6.45) is 4.22. The highest BCUT2D eigenvalue weighted by molar-refractivity contribution is 5.94. The Bertz CT molecular complexity index is 762. The van der Waals surface area contributed by atoms with Gasteiger partial charge in [-0.15, -0.1) is 0 Å². The summed E-state index contributed by atoms with van der Waals surface area (Å²) in [5.74, 6) is -3.25. The van der Waals surface area contributed by atoms with Gasteiger partial charge in [0.25, 0.3) is 0 Å². The summed E-state index contributed by atoms with van der Waals surface area (Å²) in [6.45, 7) is 4.79. The Hall–Kier alpha value is -2.97. The molecule has 14 heteroatoms. The average Bonchev–Trinajstić information content (AvgIpc) is 2.87. The minimum absolute atomic E-state index is 0.108. The van der Waals surface area contributed by atoms with Gasteiger partial charge in [-0.25, -0.2) is 4.79 Å². The topological polar surface area (TPSA) is 267 Å². The second-order valence-electron chi connectivity index (χ2n) is 9.46. The van der Waals surface area contributed by atoms with Gasteiger partial charge in [-0.1, -0.05) is 26.7 Å². The molecule has 38 heavy (non-hydrogen) atoms. The summed E-state index contributed by atoms with van der Waals surface area (Å²) >= 11 is 0. The predicted octanol–water partition coefficient (Wildman–Crippen LogP) is -1.79. The SMILES string of the molecule is CCC(C)C(NC(=O)C(N)CCCCN)C(=O)NC(CCCN=C(N)N)C(=O)NC(CCCCN)C(=O)O. The van der Waals surface area contributed by atoms with E-state index in [0.717, 1.165) is 6.42 Å². The molecule has 5 unspecified atom stereocenters. The summed E-state index contributed by atoms with van der Waals surface area (Å²) in [7, 11) is 0. The van der Waals surface area contributed by atoms with Crippen LogP contribution in [0.25, 0.3) is 0 Å². The largest absolute Gasteiger partial charge is 0.480 e. The number of carbonyl (C=O) groups is 4. The molecule has 0 spiro atoms. The third-order valence-corrected chi connectivity index (χ3v) is 6.24. The smallest absolute Gasteiger partial charge is 0.326 e. The Morgan fingerprint density at radius 3 is 1.87 bits per heavy atom. The van der Waals surface area contributed by atoms with Crippen LogP contribution >= 0.6 is 0 Å². The zero-order valence-electron chi connectivity index (χ0n) is 22.8. The minimum atomic E-state index is -1.19. The molecule has 0 rings (SSSR count). The quantitative estimate of drug-likeness (QED) is 0.0445. The molecule has 0 fully saturated rings. The van der Waals surface area contributed by atoms with Gasteiger partial charge >= 0.3 is 5.97 Å². The Morgan fingerprint density at radius 1 is 0.789 bits per heavy atom. The standard InChI is InChI=1S/C24H49N9O5/c1-3-15(2)19(33-20(34)16(27)9-4-6-12-25)22(36)31-17(11-8-14-30-24(28)29)21(35)32-18(23(37)38)10-5-7-13-26/h15-19H,3-14,25-27H2,1-2H3,(H,31,36)(H,32,35)(H,33,34)(H,37,38)(H4,28,29,30). The number of unbranched alkanes of at least 4 members (excludes halogenated alkanes) is 2. The Kier molecular flexibility index (Phi) is 18.5. The van der Waals surface area contributed by atoms with Crippen molar-refractivity contribution in [3.63, 3.8) is 0 Å². The molecule has 3 amide bonds. The molecule has 0 aliphatic heterocycles. The number of amides is 3. The van der Waals surface area contributed by atoms with Crippen molar-refractivity contribution in [2.75, 3.05) is 19.6 Å². The van der Waals surface area contributed by atoms with Gasteiger partial charge in [0.1, 0.15) is 18.1 Å². The van der Waals surface area contributed by atoms with Crippen molar-refractivity contribution in [1.82, 2.24) is 16.0 Å². The zero-order valence-corrected chi connectivity index (χ0v) is 22.8. The average molecular weight is 544 g/mol. The van der Waals surface area contributed by atoms with E-state index >= 15 is 0 Å². The molecule has 0 aliphatic rings. The number of carboxylic acids is 1. The first-order chi connectivity index (χ1) is 18.0. The monoisotopic (exact) mass is 543 g/mol. The maximum absolute atomic E-state index is 13.3. The van der Waals surface area contributed by atoms with E-state index in [9.17, 15) is 24.3 Å². The van der Waals surface area contributed by atoms with Crippen molar-refractivity contribution in [1.29, 1.82) is 0 Å². The first-order valence-corrected chi connectivity index (χ1v) is 13.3. The summed E-state index contributed by atoms with van der Waals surface area (Å²) in [5.41, 5.74) is 27.7. The van der Waals surface area contributed by atoms with E-state index in [4.69, 9.17) is 28.7 Å². The molecule has 5 atom stereocenters. The Labute approximate surface area is 225 Å². The Balaban J connectivity index is 5.59. The molecule has 14 nitrogen and oxygen atoms in total. The number of carbonyl (C=O) groups excluding carboxylic acids is 3. The normalized spacial score (nSPS) is 14.9. The number of guanidine groups is 1. The van der Waals surface area contributed by atoms with Gasteiger partial charge in [0, 0.05) is 6.54 Å². The van der Waals surface area contributed by atoms with Gasteiger partial charge in [-0.2, -0.15) is 0 Å². The van der Waals surface area contributed by atoms with Gasteiger partial charge in [0.2, 0.25) is 17.7 Å². The number of hydrogen-bond acceptors (Lipinski definition) is 8. The van der Waals surface area contributed by atoms with Crippen LogP contribution in [0, 0.1) is 5.92 Å². The fraction of sp³-hybridized carbons (Fsp3) is 0.792. The van der Waals surface area contributed by atoms with E-state index < -0.39 is 47.9 Å². The molecule has 220 valence electrons. The fourth-order valence-electron chi connectivity index (χ4n) is 3.66. The molecule has 0 aromatic heterocycles. The van der Waals surface area contributed by atoms with Crippen molar-refractivity contribution >= 4 is 29.7 Å². The minimum Gasteiger partial charge on any atom is -0.480 e. The first-order valence-electron chi connectivity index (χ1n) is 13.3.